The molecule has 3 nitrogen and oxygen atoms in total. The van der Waals surface area contributed by atoms with Crippen molar-refractivity contribution in [2.24, 2.45) is 5.41 Å². The molecule has 0 aromatic heterocycles. The number of allylic oxidation sites excluding steroid dienone is 2. The summed E-state index contributed by atoms with van der Waals surface area (Å²) in [5.74, 6) is -0.851. The lowest BCUT2D eigenvalue weighted by Crippen LogP contribution is -2.43. The number of nitrogens with zero attached hydrogens (tertiary/aromatic N) is 1. The highest BCUT2D eigenvalue weighted by molar-refractivity contribution is 6.31. The van der Waals surface area contributed by atoms with E-state index in [9.17, 15) is 22.8 Å². The van der Waals surface area contributed by atoms with Crippen LogP contribution < -0.4 is 4.90 Å². The number of rotatable bonds is 2. The summed E-state index contributed by atoms with van der Waals surface area (Å²) in [7, 11) is 0. The number of anilines is 1. The minimum absolute atomic E-state index is 0.00286. The molecule has 162 valence electrons. The highest BCUT2D eigenvalue weighted by atomic mass is 35.5. The minimum Gasteiger partial charge on any atom is -0.294 e. The van der Waals surface area contributed by atoms with Gasteiger partial charge >= 0.3 is 6.18 Å². The van der Waals surface area contributed by atoms with Crippen LogP contribution in [0.1, 0.15) is 50.2 Å². The Balaban J connectivity index is 1.85. The van der Waals surface area contributed by atoms with Crippen molar-refractivity contribution < 1.29 is 22.8 Å². The summed E-state index contributed by atoms with van der Waals surface area (Å²) in [6.07, 6.45) is -3.62. The van der Waals surface area contributed by atoms with Crippen LogP contribution in [0.15, 0.2) is 59.8 Å². The molecule has 1 heterocycles. The first-order chi connectivity index (χ1) is 14.5. The van der Waals surface area contributed by atoms with Gasteiger partial charge in [-0.1, -0.05) is 43.6 Å². The van der Waals surface area contributed by atoms with Gasteiger partial charge in [0.25, 0.3) is 0 Å². The molecule has 0 radical (unpaired) electrons. The van der Waals surface area contributed by atoms with Crippen LogP contribution in [0.4, 0.5) is 18.9 Å². The Bertz CT molecular complexity index is 1090. The molecule has 1 aliphatic carbocycles. The van der Waals surface area contributed by atoms with E-state index in [1.165, 1.54) is 12.1 Å². The van der Waals surface area contributed by atoms with Crippen molar-refractivity contribution in [3.63, 3.8) is 0 Å². The third-order valence-electron chi connectivity index (χ3n) is 5.85. The van der Waals surface area contributed by atoms with E-state index in [2.05, 4.69) is 0 Å². The van der Waals surface area contributed by atoms with Crippen LogP contribution in [0.25, 0.3) is 0 Å². The fourth-order valence-corrected chi connectivity index (χ4v) is 4.70. The number of alkyl halides is 3. The van der Waals surface area contributed by atoms with Crippen LogP contribution in [0.3, 0.4) is 0 Å². The van der Waals surface area contributed by atoms with Crippen molar-refractivity contribution in [1.82, 2.24) is 0 Å². The van der Waals surface area contributed by atoms with E-state index >= 15 is 0 Å². The lowest BCUT2D eigenvalue weighted by molar-refractivity contribution is -0.137. The summed E-state index contributed by atoms with van der Waals surface area (Å²) in [5.41, 5.74) is 1.15. The number of hydrogen-bond acceptors (Lipinski definition) is 2. The van der Waals surface area contributed by atoms with Crippen molar-refractivity contribution in [3.8, 4) is 0 Å². The molecule has 7 heteroatoms. The van der Waals surface area contributed by atoms with Gasteiger partial charge in [0.1, 0.15) is 0 Å². The summed E-state index contributed by atoms with van der Waals surface area (Å²) in [6, 6.07) is 11.6. The second-order valence-corrected chi connectivity index (χ2v) is 9.32. The quantitative estimate of drug-likeness (QED) is 0.525. The first-order valence-electron chi connectivity index (χ1n) is 9.98. The van der Waals surface area contributed by atoms with Gasteiger partial charge in [-0.3, -0.25) is 14.5 Å². The van der Waals surface area contributed by atoms with E-state index in [1.807, 2.05) is 13.8 Å². The van der Waals surface area contributed by atoms with Gasteiger partial charge in [-0.15, -0.1) is 0 Å². The molecule has 0 N–H and O–H groups in total. The predicted molar refractivity (Wildman–Crippen MR) is 113 cm³/mol. The molecular formula is C24H21ClF3NO2. The van der Waals surface area contributed by atoms with Gasteiger partial charge in [0.2, 0.25) is 5.91 Å². The number of benzene rings is 2. The normalized spacial score (nSPS) is 21.4. The maximum Gasteiger partial charge on any atom is 0.416 e. The average molecular weight is 448 g/mol. The number of ketones is 1. The zero-order chi connectivity index (χ0) is 22.6. The Morgan fingerprint density at radius 3 is 2.32 bits per heavy atom. The second-order valence-electron chi connectivity index (χ2n) is 8.89. The number of amides is 1. The van der Waals surface area contributed by atoms with Crippen molar-refractivity contribution in [2.45, 2.75) is 45.2 Å². The summed E-state index contributed by atoms with van der Waals surface area (Å²) in [4.78, 5) is 28.0. The Labute approximate surface area is 183 Å². The molecule has 2 aromatic carbocycles. The zero-order valence-corrected chi connectivity index (χ0v) is 17.8. The highest BCUT2D eigenvalue weighted by Crippen LogP contribution is 2.48. The summed E-state index contributed by atoms with van der Waals surface area (Å²) >= 11 is 6.13. The van der Waals surface area contributed by atoms with E-state index in [0.29, 0.717) is 40.4 Å². The summed E-state index contributed by atoms with van der Waals surface area (Å²) in [5, 5.41) is 0.471. The molecule has 0 spiro atoms. The van der Waals surface area contributed by atoms with Crippen LogP contribution in [-0.2, 0) is 15.8 Å². The maximum atomic E-state index is 13.2. The molecule has 1 atom stereocenters. The smallest absolute Gasteiger partial charge is 0.294 e. The van der Waals surface area contributed by atoms with Crippen molar-refractivity contribution in [3.05, 3.63) is 76.0 Å². The Morgan fingerprint density at radius 1 is 1.03 bits per heavy atom. The number of halogens is 4. The Morgan fingerprint density at radius 2 is 1.71 bits per heavy atom. The average Bonchev–Trinajstić information content (AvgIpc) is 2.65. The third-order valence-corrected chi connectivity index (χ3v) is 6.08. The van der Waals surface area contributed by atoms with Gasteiger partial charge in [0.15, 0.2) is 5.78 Å². The van der Waals surface area contributed by atoms with Crippen molar-refractivity contribution in [1.29, 1.82) is 0 Å². The predicted octanol–water partition coefficient (Wildman–Crippen LogP) is 6.52. The molecule has 1 amide bonds. The van der Waals surface area contributed by atoms with Crippen LogP contribution in [0.5, 0.6) is 0 Å². The number of Topliss-reactive ketones (excluding diaryl/α,β-unsaturated/α-hetero) is 1. The summed E-state index contributed by atoms with van der Waals surface area (Å²) in [6.45, 7) is 3.94. The van der Waals surface area contributed by atoms with Gasteiger partial charge in [-0.2, -0.15) is 13.2 Å². The van der Waals surface area contributed by atoms with E-state index < -0.39 is 17.7 Å². The monoisotopic (exact) mass is 447 g/mol. The Hall–Kier alpha value is -2.60. The molecule has 0 saturated carbocycles. The Kier molecular flexibility index (Phi) is 5.24. The van der Waals surface area contributed by atoms with E-state index in [1.54, 1.807) is 29.2 Å². The van der Waals surface area contributed by atoms with Crippen LogP contribution >= 0.6 is 11.6 Å². The van der Waals surface area contributed by atoms with Gasteiger partial charge in [0, 0.05) is 35.1 Å². The van der Waals surface area contributed by atoms with Gasteiger partial charge in [-0.05, 0) is 47.7 Å². The van der Waals surface area contributed by atoms with Crippen LogP contribution in [-0.4, -0.2) is 11.7 Å². The SMILES string of the molecule is CC1(C)CC(=O)C2=C(C1)N(c1cccc(Cl)c1)C(=O)CC2c1ccc(C(F)(F)F)cc1. The standard InChI is InChI=1S/C24H21ClF3NO2/c1-23(2)12-19-22(20(30)13-23)18(14-6-8-15(9-7-14)24(26,27)28)11-21(31)29(19)17-5-3-4-16(25)10-17/h3-10,18H,11-13H2,1-2H3. The van der Waals surface area contributed by atoms with Crippen LogP contribution in [0.2, 0.25) is 5.02 Å². The first kappa shape index (κ1) is 21.6. The zero-order valence-electron chi connectivity index (χ0n) is 17.1. The molecule has 2 aromatic rings. The molecule has 1 unspecified atom stereocenters. The molecule has 0 bridgehead atoms. The maximum absolute atomic E-state index is 13.2. The van der Waals surface area contributed by atoms with Crippen molar-refractivity contribution >= 4 is 29.0 Å². The lowest BCUT2D eigenvalue weighted by Gasteiger charge is -2.43. The largest absolute Gasteiger partial charge is 0.416 e. The summed E-state index contributed by atoms with van der Waals surface area (Å²) < 4.78 is 38.9. The molecule has 2 aliphatic rings. The van der Waals surface area contributed by atoms with E-state index in [4.69, 9.17) is 11.6 Å². The van der Waals surface area contributed by atoms with Gasteiger partial charge < -0.3 is 0 Å². The van der Waals surface area contributed by atoms with Crippen LogP contribution in [0, 0.1) is 5.41 Å². The van der Waals surface area contributed by atoms with Crippen molar-refractivity contribution in [2.75, 3.05) is 4.90 Å². The minimum atomic E-state index is -4.45. The molecule has 0 fully saturated rings. The van der Waals surface area contributed by atoms with E-state index in [-0.39, 0.29) is 23.5 Å². The van der Waals surface area contributed by atoms with E-state index in [0.717, 1.165) is 12.1 Å². The highest BCUT2D eigenvalue weighted by Gasteiger charge is 2.44. The first-order valence-corrected chi connectivity index (χ1v) is 10.4. The fourth-order valence-electron chi connectivity index (χ4n) is 4.52. The fraction of sp³-hybridized carbons (Fsp3) is 0.333. The molecule has 0 saturated heterocycles. The molecule has 1 aliphatic heterocycles. The third kappa shape index (κ3) is 4.13. The number of carbonyl (C=O) groups excluding carboxylic acids is 2. The topological polar surface area (TPSA) is 37.4 Å². The van der Waals surface area contributed by atoms with Gasteiger partial charge in [0.05, 0.1) is 11.3 Å². The van der Waals surface area contributed by atoms with Gasteiger partial charge in [-0.25, -0.2) is 0 Å². The second kappa shape index (κ2) is 7.52. The lowest BCUT2D eigenvalue weighted by atomic mass is 9.69. The molecule has 4 rings (SSSR count). The molecule has 31 heavy (non-hydrogen) atoms. The number of carbonyl (C=O) groups is 2. The molecular weight excluding hydrogens is 427 g/mol. The number of hydrogen-bond donors (Lipinski definition) is 0.